The van der Waals surface area contributed by atoms with Crippen LogP contribution in [0.15, 0.2) is 24.0 Å². The molecule has 0 radical (unpaired) electrons. The molecule has 0 saturated carbocycles. The topological polar surface area (TPSA) is 63.6 Å². The van der Waals surface area contributed by atoms with Gasteiger partial charge in [0, 0.05) is 5.57 Å². The van der Waals surface area contributed by atoms with Gasteiger partial charge in [-0.25, -0.2) is 4.79 Å². The lowest BCUT2D eigenvalue weighted by Crippen LogP contribution is -2.05. The predicted octanol–water partition coefficient (Wildman–Crippen LogP) is 1.48. The number of carboxylic acids is 1. The van der Waals surface area contributed by atoms with Gasteiger partial charge >= 0.3 is 11.9 Å². The molecule has 0 bridgehead atoms. The van der Waals surface area contributed by atoms with E-state index in [1.807, 2.05) is 0 Å². The Labute approximate surface area is 76.5 Å². The quantitative estimate of drug-likeness (QED) is 0.408. The fraction of sp³-hybridized carbons (Fsp3) is 0.333. The second-order valence-electron chi connectivity index (χ2n) is 2.54. The van der Waals surface area contributed by atoms with E-state index in [0.717, 1.165) is 6.26 Å². The first-order valence-electron chi connectivity index (χ1n) is 3.69. The number of ether oxygens (including phenoxy) is 1. The second kappa shape index (κ2) is 5.13. The number of carbonyl (C=O) groups excluding carboxylic acids is 1. The van der Waals surface area contributed by atoms with Crippen LogP contribution in [0, 0.1) is 0 Å². The minimum atomic E-state index is -1.02. The lowest BCUT2D eigenvalue weighted by atomic mass is 10.1. The predicted molar refractivity (Wildman–Crippen MR) is 46.9 cm³/mol. The van der Waals surface area contributed by atoms with Gasteiger partial charge in [0.2, 0.25) is 0 Å². The summed E-state index contributed by atoms with van der Waals surface area (Å²) in [5, 5.41) is 8.57. The van der Waals surface area contributed by atoms with Gasteiger partial charge < -0.3 is 9.84 Å². The van der Waals surface area contributed by atoms with Crippen LogP contribution in [0.5, 0.6) is 0 Å². The van der Waals surface area contributed by atoms with Gasteiger partial charge in [-0.05, 0) is 13.8 Å². The summed E-state index contributed by atoms with van der Waals surface area (Å²) in [4.78, 5) is 21.3. The molecule has 0 saturated heterocycles. The van der Waals surface area contributed by atoms with Crippen LogP contribution < -0.4 is 0 Å². The molecule has 0 atom stereocenters. The van der Waals surface area contributed by atoms with Crippen LogP contribution in [0.1, 0.15) is 20.3 Å². The highest BCUT2D eigenvalue weighted by Gasteiger charge is 2.09. The molecule has 1 N–H and O–H groups in total. The first-order valence-corrected chi connectivity index (χ1v) is 3.69. The van der Waals surface area contributed by atoms with Gasteiger partial charge in [0.25, 0.3) is 0 Å². The van der Waals surface area contributed by atoms with Gasteiger partial charge in [0.15, 0.2) is 0 Å². The molecule has 4 nitrogen and oxygen atoms in total. The van der Waals surface area contributed by atoms with Crippen LogP contribution in [-0.4, -0.2) is 17.0 Å². The summed E-state index contributed by atoms with van der Waals surface area (Å²) < 4.78 is 4.44. The van der Waals surface area contributed by atoms with Crippen molar-refractivity contribution < 1.29 is 19.4 Å². The first-order chi connectivity index (χ1) is 5.99. The monoisotopic (exact) mass is 184 g/mol. The highest BCUT2D eigenvalue weighted by Crippen LogP contribution is 2.08. The Morgan fingerprint density at radius 1 is 1.46 bits per heavy atom. The van der Waals surface area contributed by atoms with Crippen molar-refractivity contribution in [1.82, 2.24) is 0 Å². The highest BCUT2D eigenvalue weighted by atomic mass is 16.5. The standard InChI is InChI=1S/C9H12O4/c1-4-13-8(10)5-6(2)7(3)9(11)12/h4H,1,5H2,2-3H3,(H,11,12). The summed E-state index contributed by atoms with van der Waals surface area (Å²) in [7, 11) is 0. The van der Waals surface area contributed by atoms with E-state index >= 15 is 0 Å². The highest BCUT2D eigenvalue weighted by molar-refractivity contribution is 5.88. The molecular weight excluding hydrogens is 172 g/mol. The van der Waals surface area contributed by atoms with Crippen LogP contribution in [0.3, 0.4) is 0 Å². The van der Waals surface area contributed by atoms with E-state index in [2.05, 4.69) is 11.3 Å². The minimum absolute atomic E-state index is 0.0237. The molecule has 0 amide bonds. The number of hydrogen-bond donors (Lipinski definition) is 1. The molecule has 0 fully saturated rings. The molecule has 0 aliphatic carbocycles. The molecule has 0 unspecified atom stereocenters. The third-order valence-corrected chi connectivity index (χ3v) is 1.59. The lowest BCUT2D eigenvalue weighted by Gasteiger charge is -2.01. The van der Waals surface area contributed by atoms with E-state index in [-0.39, 0.29) is 12.0 Å². The largest absolute Gasteiger partial charge is 0.478 e. The zero-order chi connectivity index (χ0) is 10.4. The maximum Gasteiger partial charge on any atom is 0.331 e. The van der Waals surface area contributed by atoms with Gasteiger partial charge in [-0.3, -0.25) is 4.79 Å². The van der Waals surface area contributed by atoms with Gasteiger partial charge in [-0.1, -0.05) is 12.2 Å². The maximum atomic E-state index is 10.9. The molecule has 0 rings (SSSR count). The molecule has 0 aromatic heterocycles. The van der Waals surface area contributed by atoms with Crippen LogP contribution in [0.2, 0.25) is 0 Å². The van der Waals surface area contributed by atoms with Gasteiger partial charge in [0.1, 0.15) is 0 Å². The van der Waals surface area contributed by atoms with Crippen molar-refractivity contribution in [3.63, 3.8) is 0 Å². The molecule has 0 aromatic rings. The van der Waals surface area contributed by atoms with Crippen LogP contribution >= 0.6 is 0 Å². The summed E-state index contributed by atoms with van der Waals surface area (Å²) in [5.74, 6) is -1.53. The van der Waals surface area contributed by atoms with Gasteiger partial charge in [-0.15, -0.1) is 0 Å². The van der Waals surface area contributed by atoms with Crippen molar-refractivity contribution in [1.29, 1.82) is 0 Å². The number of aliphatic carboxylic acids is 1. The number of carbonyl (C=O) groups is 2. The Morgan fingerprint density at radius 3 is 2.38 bits per heavy atom. The first kappa shape index (κ1) is 11.4. The molecule has 0 aliphatic heterocycles. The van der Waals surface area contributed by atoms with E-state index in [0.29, 0.717) is 5.57 Å². The van der Waals surface area contributed by atoms with Crippen LogP contribution in [0.4, 0.5) is 0 Å². The average molecular weight is 184 g/mol. The van der Waals surface area contributed by atoms with E-state index in [1.165, 1.54) is 6.92 Å². The summed E-state index contributed by atoms with van der Waals surface area (Å²) in [5.41, 5.74) is 0.653. The van der Waals surface area contributed by atoms with Crippen LogP contribution in [-0.2, 0) is 14.3 Å². The van der Waals surface area contributed by atoms with Crippen molar-refractivity contribution in [3.05, 3.63) is 24.0 Å². The van der Waals surface area contributed by atoms with E-state index in [1.54, 1.807) is 6.92 Å². The summed E-state index contributed by atoms with van der Waals surface area (Å²) in [6.45, 7) is 6.23. The number of esters is 1. The van der Waals surface area contributed by atoms with Crippen molar-refractivity contribution in [2.75, 3.05) is 0 Å². The Balaban J connectivity index is 4.36. The molecule has 72 valence electrons. The fourth-order valence-electron chi connectivity index (χ4n) is 0.666. The van der Waals surface area contributed by atoms with Crippen molar-refractivity contribution in [2.24, 2.45) is 0 Å². The molecular formula is C9H12O4. The van der Waals surface area contributed by atoms with Crippen molar-refractivity contribution in [3.8, 4) is 0 Å². The van der Waals surface area contributed by atoms with Crippen molar-refractivity contribution in [2.45, 2.75) is 20.3 Å². The number of hydrogen-bond acceptors (Lipinski definition) is 3. The number of rotatable bonds is 4. The molecule has 0 aliphatic rings. The fourth-order valence-corrected chi connectivity index (χ4v) is 0.666. The zero-order valence-electron chi connectivity index (χ0n) is 7.66. The van der Waals surface area contributed by atoms with E-state index in [9.17, 15) is 9.59 Å². The van der Waals surface area contributed by atoms with Gasteiger partial charge in [0.05, 0.1) is 12.7 Å². The molecule has 0 heterocycles. The third kappa shape index (κ3) is 4.10. The van der Waals surface area contributed by atoms with Crippen LogP contribution in [0.25, 0.3) is 0 Å². The molecule has 0 aromatic carbocycles. The van der Waals surface area contributed by atoms with Crippen molar-refractivity contribution >= 4 is 11.9 Å². The van der Waals surface area contributed by atoms with Gasteiger partial charge in [-0.2, -0.15) is 0 Å². The molecule has 4 heteroatoms. The SMILES string of the molecule is C=COC(=O)CC(C)=C(C)C(=O)O. The lowest BCUT2D eigenvalue weighted by molar-refractivity contribution is -0.137. The Hall–Kier alpha value is -1.58. The zero-order valence-corrected chi connectivity index (χ0v) is 7.66. The Morgan fingerprint density at radius 2 is 2.00 bits per heavy atom. The maximum absolute atomic E-state index is 10.9. The minimum Gasteiger partial charge on any atom is -0.478 e. The summed E-state index contributed by atoms with van der Waals surface area (Å²) >= 11 is 0. The molecule has 13 heavy (non-hydrogen) atoms. The Bertz CT molecular complexity index is 263. The smallest absolute Gasteiger partial charge is 0.331 e. The Kier molecular flexibility index (Phi) is 4.51. The van der Waals surface area contributed by atoms with E-state index < -0.39 is 11.9 Å². The average Bonchev–Trinajstić information content (AvgIpc) is 2.03. The summed E-state index contributed by atoms with van der Waals surface area (Å²) in [6, 6.07) is 0. The van der Waals surface area contributed by atoms with E-state index in [4.69, 9.17) is 5.11 Å². The number of carboxylic acid groups (broad SMARTS) is 1. The third-order valence-electron chi connectivity index (χ3n) is 1.59. The molecule has 0 spiro atoms. The normalized spacial score (nSPS) is 11.5. The second-order valence-corrected chi connectivity index (χ2v) is 2.54. The summed E-state index contributed by atoms with van der Waals surface area (Å²) in [6.07, 6.45) is 0.996.